The first kappa shape index (κ1) is 13.1. The average Bonchev–Trinajstić information content (AvgIpc) is 3.16. The maximum Gasteiger partial charge on any atom is 0.154 e. The molecule has 0 saturated carbocycles. The third kappa shape index (κ3) is 2.12. The van der Waals surface area contributed by atoms with Crippen LogP contribution in [0.5, 0.6) is 0 Å². The molecule has 4 atom stereocenters. The molecule has 5 heterocycles. The number of hydrogen-bond acceptors (Lipinski definition) is 4. The van der Waals surface area contributed by atoms with Gasteiger partial charge in [-0.2, -0.15) is 5.10 Å². The van der Waals surface area contributed by atoms with Crippen LogP contribution in [0.15, 0.2) is 28.9 Å². The summed E-state index contributed by atoms with van der Waals surface area (Å²) in [6.07, 6.45) is 4.20. The Kier molecular flexibility index (Phi) is 3.12. The fourth-order valence-corrected chi connectivity index (χ4v) is 4.09. The van der Waals surface area contributed by atoms with Gasteiger partial charge >= 0.3 is 0 Å². The molecule has 3 fully saturated rings. The average molecular weight is 286 g/mol. The van der Waals surface area contributed by atoms with Gasteiger partial charge < -0.3 is 10.2 Å². The van der Waals surface area contributed by atoms with Crippen LogP contribution in [-0.2, 0) is 7.05 Å². The van der Waals surface area contributed by atoms with Gasteiger partial charge in [-0.1, -0.05) is 0 Å². The van der Waals surface area contributed by atoms with Gasteiger partial charge in [0.05, 0.1) is 6.26 Å². The first-order valence-corrected chi connectivity index (χ1v) is 7.78. The van der Waals surface area contributed by atoms with E-state index in [0.717, 1.165) is 30.5 Å². The minimum Gasteiger partial charge on any atom is -0.463 e. The summed E-state index contributed by atoms with van der Waals surface area (Å²) in [5.74, 6) is 2.16. The molecule has 21 heavy (non-hydrogen) atoms. The molecule has 1 unspecified atom stereocenters. The van der Waals surface area contributed by atoms with Gasteiger partial charge in [0.25, 0.3) is 0 Å². The van der Waals surface area contributed by atoms with E-state index in [0.29, 0.717) is 12.0 Å². The van der Waals surface area contributed by atoms with Crippen molar-refractivity contribution in [3.63, 3.8) is 0 Å². The Balaban J connectivity index is 1.63. The molecule has 3 saturated heterocycles. The molecule has 0 radical (unpaired) electrons. The summed E-state index contributed by atoms with van der Waals surface area (Å²) in [4.78, 5) is 2.56. The highest BCUT2D eigenvalue weighted by Gasteiger charge is 2.41. The number of rotatable bonds is 3. The Bertz CT molecular complexity index is 618. The molecule has 5 nitrogen and oxygen atoms in total. The topological polar surface area (TPSA) is 60.2 Å². The largest absolute Gasteiger partial charge is 0.463 e. The minimum absolute atomic E-state index is 0.572. The van der Waals surface area contributed by atoms with E-state index in [-0.39, 0.29) is 0 Å². The smallest absolute Gasteiger partial charge is 0.154 e. The van der Waals surface area contributed by atoms with E-state index in [1.807, 2.05) is 23.9 Å². The molecule has 2 aromatic heterocycles. The summed E-state index contributed by atoms with van der Waals surface area (Å²) in [6, 6.07) is 6.65. The van der Waals surface area contributed by atoms with Crippen LogP contribution in [-0.4, -0.2) is 40.4 Å². The highest BCUT2D eigenvalue weighted by molar-refractivity contribution is 5.52. The number of nitrogens with zero attached hydrogens (tertiary/aromatic N) is 3. The normalized spacial score (nSPS) is 31.7. The Labute approximate surface area is 124 Å². The zero-order valence-corrected chi connectivity index (χ0v) is 12.4. The van der Waals surface area contributed by atoms with Crippen LogP contribution in [0.3, 0.4) is 0 Å². The molecule has 2 bridgehead atoms. The molecule has 3 aliphatic rings. The zero-order valence-electron chi connectivity index (χ0n) is 12.4. The van der Waals surface area contributed by atoms with Crippen molar-refractivity contribution in [2.24, 2.45) is 18.7 Å². The molecule has 0 amide bonds. The van der Waals surface area contributed by atoms with Crippen LogP contribution in [0.25, 0.3) is 11.5 Å². The first-order chi connectivity index (χ1) is 10.3. The van der Waals surface area contributed by atoms with E-state index >= 15 is 0 Å². The predicted octanol–water partition coefficient (Wildman–Crippen LogP) is 1.82. The summed E-state index contributed by atoms with van der Waals surface area (Å²) in [7, 11) is 2.04. The van der Waals surface area contributed by atoms with Crippen LogP contribution in [0.2, 0.25) is 0 Å². The Morgan fingerprint density at radius 3 is 3.05 bits per heavy atom. The van der Waals surface area contributed by atoms with Crippen molar-refractivity contribution in [3.05, 3.63) is 30.2 Å². The highest BCUT2D eigenvalue weighted by atomic mass is 16.3. The number of hydrogen-bond donors (Lipinski definition) is 1. The lowest BCUT2D eigenvalue weighted by atomic mass is 9.74. The molecule has 5 rings (SSSR count). The summed E-state index contributed by atoms with van der Waals surface area (Å²) < 4.78 is 7.50. The van der Waals surface area contributed by atoms with Crippen LogP contribution >= 0.6 is 0 Å². The van der Waals surface area contributed by atoms with Crippen LogP contribution in [0.4, 0.5) is 0 Å². The monoisotopic (exact) mass is 286 g/mol. The molecule has 5 heteroatoms. The number of fused-ring (bicyclic) bond motifs is 3. The number of piperidine rings is 3. The van der Waals surface area contributed by atoms with E-state index in [4.69, 9.17) is 10.2 Å². The highest BCUT2D eigenvalue weighted by Crippen LogP contribution is 2.42. The lowest BCUT2D eigenvalue weighted by molar-refractivity contribution is 0.0322. The van der Waals surface area contributed by atoms with Gasteiger partial charge in [-0.3, -0.25) is 9.58 Å². The summed E-state index contributed by atoms with van der Waals surface area (Å²) >= 11 is 0. The van der Waals surface area contributed by atoms with E-state index in [9.17, 15) is 0 Å². The van der Waals surface area contributed by atoms with Gasteiger partial charge in [-0.05, 0) is 43.5 Å². The van der Waals surface area contributed by atoms with Gasteiger partial charge in [0.2, 0.25) is 0 Å². The van der Waals surface area contributed by atoms with E-state index in [1.54, 1.807) is 6.26 Å². The molecule has 0 aliphatic carbocycles. The lowest BCUT2D eigenvalue weighted by Crippen LogP contribution is -2.55. The van der Waals surface area contributed by atoms with E-state index < -0.39 is 0 Å². The lowest BCUT2D eigenvalue weighted by Gasteiger charge is -2.49. The van der Waals surface area contributed by atoms with Crippen molar-refractivity contribution < 1.29 is 4.42 Å². The molecule has 3 aliphatic heterocycles. The van der Waals surface area contributed by atoms with Gasteiger partial charge in [-0.15, -0.1) is 0 Å². The van der Waals surface area contributed by atoms with Gasteiger partial charge in [0.15, 0.2) is 5.76 Å². The second-order valence-electron chi connectivity index (χ2n) is 6.33. The van der Waals surface area contributed by atoms with Crippen LogP contribution in [0, 0.1) is 5.92 Å². The molecular weight excluding hydrogens is 264 g/mol. The number of aryl methyl sites for hydroxylation is 1. The molecule has 0 aromatic carbocycles. The molecular formula is C16H22N4O. The van der Waals surface area contributed by atoms with Crippen molar-refractivity contribution in [1.82, 2.24) is 14.7 Å². The van der Waals surface area contributed by atoms with Crippen molar-refractivity contribution in [2.75, 3.05) is 19.6 Å². The summed E-state index contributed by atoms with van der Waals surface area (Å²) in [6.45, 7) is 3.10. The van der Waals surface area contributed by atoms with Gasteiger partial charge in [-0.25, -0.2) is 0 Å². The second-order valence-corrected chi connectivity index (χ2v) is 6.33. The standard InChI is InChI=1S/C16H22N4O/c1-19-15(8-14(18-19)16-3-2-6-21-16)13-10-20-5-4-11(13)7-12(20)9-17/h2-3,6,8,11-13H,4-5,7,9-10,17H2,1H3/t11-,12+,13-/m1/s1. The van der Waals surface area contributed by atoms with Crippen LogP contribution in [0.1, 0.15) is 24.5 Å². The van der Waals surface area contributed by atoms with Crippen LogP contribution < -0.4 is 5.73 Å². The fourth-order valence-electron chi connectivity index (χ4n) is 4.09. The van der Waals surface area contributed by atoms with Crippen molar-refractivity contribution in [2.45, 2.75) is 24.8 Å². The maximum atomic E-state index is 5.90. The van der Waals surface area contributed by atoms with Gasteiger partial charge in [0, 0.05) is 37.8 Å². The third-order valence-corrected chi connectivity index (χ3v) is 5.22. The predicted molar refractivity (Wildman–Crippen MR) is 80.8 cm³/mol. The molecule has 0 spiro atoms. The minimum atomic E-state index is 0.572. The third-order valence-electron chi connectivity index (χ3n) is 5.22. The van der Waals surface area contributed by atoms with Gasteiger partial charge in [0.1, 0.15) is 5.69 Å². The van der Waals surface area contributed by atoms with E-state index in [2.05, 4.69) is 16.1 Å². The molecule has 2 aromatic rings. The Morgan fingerprint density at radius 2 is 2.38 bits per heavy atom. The summed E-state index contributed by atoms with van der Waals surface area (Å²) in [5.41, 5.74) is 8.16. The van der Waals surface area contributed by atoms with Crippen molar-refractivity contribution in [1.29, 1.82) is 0 Å². The quantitative estimate of drug-likeness (QED) is 0.935. The molecule has 112 valence electrons. The number of furan rings is 1. The zero-order chi connectivity index (χ0) is 14.4. The number of nitrogens with two attached hydrogens (primary N) is 1. The Morgan fingerprint density at radius 1 is 1.48 bits per heavy atom. The van der Waals surface area contributed by atoms with Crippen molar-refractivity contribution >= 4 is 0 Å². The van der Waals surface area contributed by atoms with Crippen molar-refractivity contribution in [3.8, 4) is 11.5 Å². The van der Waals surface area contributed by atoms with E-state index in [1.165, 1.54) is 25.1 Å². The first-order valence-electron chi connectivity index (χ1n) is 7.78. The maximum absolute atomic E-state index is 5.90. The Hall–Kier alpha value is -1.59. The SMILES string of the molecule is Cn1nc(-c2ccco2)cc1[C@@H]1CN2CC[C@@H]1C[C@H]2CN. The second kappa shape index (κ2) is 5.00. The fraction of sp³-hybridized carbons (Fsp3) is 0.562. The number of aromatic nitrogens is 2. The summed E-state index contributed by atoms with van der Waals surface area (Å²) in [5, 5.41) is 4.63. The molecule has 2 N–H and O–H groups in total.